The van der Waals surface area contributed by atoms with Crippen LogP contribution in [0.5, 0.6) is 5.75 Å². The summed E-state index contributed by atoms with van der Waals surface area (Å²) in [5.41, 5.74) is 1.91. The molecule has 16 heavy (non-hydrogen) atoms. The smallest absolute Gasteiger partial charge is 0.130 e. The number of benzene rings is 1. The summed E-state index contributed by atoms with van der Waals surface area (Å²) in [6.07, 6.45) is 2.94. The standard InChI is InChI=1S/C13H16BrFO/c1-8-3-4-10-11(12(14)5-8)6-9(16-2)7-13(10)15/h6-8,12H,3-5H2,1-2H3. The molecule has 0 saturated carbocycles. The Labute approximate surface area is 104 Å². The van der Waals surface area contributed by atoms with Gasteiger partial charge in [-0.1, -0.05) is 22.9 Å². The average Bonchev–Trinajstić information content (AvgIpc) is 2.39. The van der Waals surface area contributed by atoms with Crippen LogP contribution in [0.1, 0.15) is 35.7 Å². The second-order valence-corrected chi connectivity index (χ2v) is 5.63. The summed E-state index contributed by atoms with van der Waals surface area (Å²) in [6.45, 7) is 2.22. The Kier molecular flexibility index (Phi) is 3.53. The fraction of sp³-hybridized carbons (Fsp3) is 0.538. The SMILES string of the molecule is COc1cc(F)c2c(c1)C(Br)CC(C)CC2. The van der Waals surface area contributed by atoms with Gasteiger partial charge in [0.25, 0.3) is 0 Å². The lowest BCUT2D eigenvalue weighted by Gasteiger charge is -2.14. The quantitative estimate of drug-likeness (QED) is 0.554. The molecule has 1 aliphatic rings. The summed E-state index contributed by atoms with van der Waals surface area (Å²) in [6, 6.07) is 3.43. The van der Waals surface area contributed by atoms with Gasteiger partial charge in [-0.25, -0.2) is 4.39 Å². The highest BCUT2D eigenvalue weighted by atomic mass is 79.9. The molecule has 0 aromatic heterocycles. The van der Waals surface area contributed by atoms with Gasteiger partial charge in [-0.2, -0.15) is 0 Å². The van der Waals surface area contributed by atoms with Crippen LogP contribution in [0.3, 0.4) is 0 Å². The molecule has 1 aliphatic carbocycles. The summed E-state index contributed by atoms with van der Waals surface area (Å²) in [5, 5.41) is 0. The van der Waals surface area contributed by atoms with Crippen LogP contribution in [-0.2, 0) is 6.42 Å². The van der Waals surface area contributed by atoms with Crippen molar-refractivity contribution in [1.82, 2.24) is 0 Å². The van der Waals surface area contributed by atoms with E-state index in [-0.39, 0.29) is 10.6 Å². The van der Waals surface area contributed by atoms with Gasteiger partial charge in [0.2, 0.25) is 0 Å². The van der Waals surface area contributed by atoms with Gasteiger partial charge in [0.05, 0.1) is 7.11 Å². The topological polar surface area (TPSA) is 9.23 Å². The molecule has 0 fully saturated rings. The Bertz CT molecular complexity index is 392. The van der Waals surface area contributed by atoms with E-state index in [0.717, 1.165) is 30.4 Å². The maximum Gasteiger partial charge on any atom is 0.130 e. The highest BCUT2D eigenvalue weighted by Gasteiger charge is 2.23. The summed E-state index contributed by atoms with van der Waals surface area (Å²) < 4.78 is 19.0. The Morgan fingerprint density at radius 2 is 2.19 bits per heavy atom. The van der Waals surface area contributed by atoms with Gasteiger partial charge in [0.15, 0.2) is 0 Å². The number of halogens is 2. The molecule has 0 bridgehead atoms. The molecule has 2 unspecified atom stereocenters. The van der Waals surface area contributed by atoms with Crippen molar-refractivity contribution in [3.05, 3.63) is 29.1 Å². The molecule has 88 valence electrons. The van der Waals surface area contributed by atoms with E-state index in [0.29, 0.717) is 11.7 Å². The zero-order valence-electron chi connectivity index (χ0n) is 9.59. The van der Waals surface area contributed by atoms with Crippen LogP contribution in [0.4, 0.5) is 4.39 Å². The molecular formula is C13H16BrFO. The lowest BCUT2D eigenvalue weighted by Crippen LogP contribution is -1.99. The average molecular weight is 287 g/mol. The van der Waals surface area contributed by atoms with Crippen LogP contribution in [0, 0.1) is 11.7 Å². The molecule has 1 aromatic carbocycles. The van der Waals surface area contributed by atoms with E-state index in [2.05, 4.69) is 22.9 Å². The highest BCUT2D eigenvalue weighted by molar-refractivity contribution is 9.09. The molecule has 1 nitrogen and oxygen atoms in total. The largest absolute Gasteiger partial charge is 0.497 e. The second-order valence-electron chi connectivity index (χ2n) is 4.52. The number of ether oxygens (including phenoxy) is 1. The molecular weight excluding hydrogens is 271 g/mol. The summed E-state index contributed by atoms with van der Waals surface area (Å²) in [4.78, 5) is 0.240. The molecule has 1 aromatic rings. The van der Waals surface area contributed by atoms with E-state index in [1.165, 1.54) is 6.07 Å². The summed E-state index contributed by atoms with van der Waals surface area (Å²) >= 11 is 3.65. The van der Waals surface area contributed by atoms with Crippen LogP contribution < -0.4 is 4.74 Å². The molecule has 0 amide bonds. The molecule has 2 rings (SSSR count). The van der Waals surface area contributed by atoms with E-state index in [1.54, 1.807) is 7.11 Å². The van der Waals surface area contributed by atoms with Crippen molar-refractivity contribution in [2.24, 2.45) is 5.92 Å². The molecule has 2 atom stereocenters. The maximum absolute atomic E-state index is 13.9. The van der Waals surface area contributed by atoms with E-state index in [4.69, 9.17) is 4.74 Å². The van der Waals surface area contributed by atoms with Crippen molar-refractivity contribution in [3.63, 3.8) is 0 Å². The molecule has 0 N–H and O–H groups in total. The third-order valence-electron chi connectivity index (χ3n) is 3.27. The first-order valence-electron chi connectivity index (χ1n) is 5.62. The lowest BCUT2D eigenvalue weighted by atomic mass is 10.0. The predicted molar refractivity (Wildman–Crippen MR) is 66.7 cm³/mol. The van der Waals surface area contributed by atoms with E-state index in [1.807, 2.05) is 6.07 Å². The van der Waals surface area contributed by atoms with Gasteiger partial charge in [-0.15, -0.1) is 0 Å². The maximum atomic E-state index is 13.9. The lowest BCUT2D eigenvalue weighted by molar-refractivity contribution is 0.410. The summed E-state index contributed by atoms with van der Waals surface area (Å²) in [7, 11) is 1.57. The third kappa shape index (κ3) is 2.24. The van der Waals surface area contributed by atoms with Crippen molar-refractivity contribution in [1.29, 1.82) is 0 Å². The zero-order valence-corrected chi connectivity index (χ0v) is 11.2. The van der Waals surface area contributed by atoms with Crippen LogP contribution in [0.15, 0.2) is 12.1 Å². The van der Waals surface area contributed by atoms with Gasteiger partial charge in [-0.3, -0.25) is 0 Å². The van der Waals surface area contributed by atoms with Gasteiger partial charge in [0, 0.05) is 10.9 Å². The van der Waals surface area contributed by atoms with E-state index >= 15 is 0 Å². The van der Waals surface area contributed by atoms with Gasteiger partial charge >= 0.3 is 0 Å². The van der Waals surface area contributed by atoms with Crippen molar-refractivity contribution in [2.75, 3.05) is 7.11 Å². The Hall–Kier alpha value is -0.570. The minimum Gasteiger partial charge on any atom is -0.497 e. The normalized spacial score (nSPS) is 24.8. The number of alkyl halides is 1. The van der Waals surface area contributed by atoms with Crippen LogP contribution >= 0.6 is 15.9 Å². The van der Waals surface area contributed by atoms with Crippen molar-refractivity contribution < 1.29 is 9.13 Å². The van der Waals surface area contributed by atoms with Crippen molar-refractivity contribution >= 4 is 15.9 Å². The number of fused-ring (bicyclic) bond motifs is 1. The molecule has 0 radical (unpaired) electrons. The number of hydrogen-bond acceptors (Lipinski definition) is 1. The Morgan fingerprint density at radius 3 is 2.88 bits per heavy atom. The van der Waals surface area contributed by atoms with Gasteiger partial charge in [0.1, 0.15) is 11.6 Å². The number of rotatable bonds is 1. The second kappa shape index (κ2) is 4.74. The number of hydrogen-bond donors (Lipinski definition) is 0. The van der Waals surface area contributed by atoms with Gasteiger partial charge < -0.3 is 4.74 Å². The number of methoxy groups -OCH3 is 1. The fourth-order valence-corrected chi connectivity index (χ4v) is 3.33. The Morgan fingerprint density at radius 1 is 1.44 bits per heavy atom. The first kappa shape index (κ1) is 11.9. The van der Waals surface area contributed by atoms with Crippen LogP contribution in [0.25, 0.3) is 0 Å². The minimum atomic E-state index is -0.132. The zero-order chi connectivity index (χ0) is 11.7. The molecule has 3 heteroatoms. The monoisotopic (exact) mass is 286 g/mol. The third-order valence-corrected chi connectivity index (χ3v) is 4.14. The molecule has 0 saturated heterocycles. The van der Waals surface area contributed by atoms with Crippen LogP contribution in [0.2, 0.25) is 0 Å². The first-order chi connectivity index (χ1) is 7.61. The predicted octanol–water partition coefficient (Wildman–Crippen LogP) is 4.24. The molecule has 0 aliphatic heterocycles. The van der Waals surface area contributed by atoms with E-state index < -0.39 is 0 Å². The van der Waals surface area contributed by atoms with Crippen LogP contribution in [-0.4, -0.2) is 7.11 Å². The Balaban J connectivity index is 2.47. The fourth-order valence-electron chi connectivity index (χ4n) is 2.28. The van der Waals surface area contributed by atoms with Crippen molar-refractivity contribution in [3.8, 4) is 5.75 Å². The molecule has 0 heterocycles. The minimum absolute atomic E-state index is 0.132. The highest BCUT2D eigenvalue weighted by Crippen LogP contribution is 2.40. The summed E-state index contributed by atoms with van der Waals surface area (Å²) in [5.74, 6) is 1.10. The van der Waals surface area contributed by atoms with Gasteiger partial charge in [-0.05, 0) is 42.4 Å². The first-order valence-corrected chi connectivity index (χ1v) is 6.53. The molecule has 0 spiro atoms. The van der Waals surface area contributed by atoms with E-state index in [9.17, 15) is 4.39 Å². The van der Waals surface area contributed by atoms with Crippen molar-refractivity contribution in [2.45, 2.75) is 31.0 Å².